The molecule has 1 aromatic rings. The first-order valence-corrected chi connectivity index (χ1v) is 10.5. The molecule has 0 N–H and O–H groups in total. The Kier molecular flexibility index (Phi) is 6.47. The molecule has 0 saturated carbocycles. The van der Waals surface area contributed by atoms with Crippen LogP contribution in [-0.4, -0.2) is 66.3 Å². The molecule has 5 heteroatoms. The number of ether oxygens (including phenoxy) is 2. The second kappa shape index (κ2) is 8.52. The SMILES string of the molecule is CC(C)(C)OC(=O)C(C)(C)CN1CC[C@H]2[C@@H](C1)OCCN2Cc1ccccc1. The van der Waals surface area contributed by atoms with Crippen LogP contribution in [0.5, 0.6) is 0 Å². The van der Waals surface area contributed by atoms with Gasteiger partial charge in [-0.1, -0.05) is 30.3 Å². The molecule has 2 heterocycles. The minimum atomic E-state index is -0.529. The Bertz CT molecular complexity index is 654. The maximum absolute atomic E-state index is 12.6. The molecule has 0 bridgehead atoms. The number of morpholine rings is 1. The Hall–Kier alpha value is -1.43. The molecule has 28 heavy (non-hydrogen) atoms. The third-order valence-corrected chi connectivity index (χ3v) is 5.59. The molecule has 156 valence electrons. The quantitative estimate of drug-likeness (QED) is 0.724. The molecule has 2 fully saturated rings. The molecule has 0 unspecified atom stereocenters. The van der Waals surface area contributed by atoms with E-state index in [1.165, 1.54) is 5.56 Å². The summed E-state index contributed by atoms with van der Waals surface area (Å²) < 4.78 is 11.8. The Morgan fingerprint density at radius 1 is 1.14 bits per heavy atom. The molecule has 5 nitrogen and oxygen atoms in total. The average Bonchev–Trinajstić information content (AvgIpc) is 2.61. The molecular formula is C23H36N2O3. The van der Waals surface area contributed by atoms with Gasteiger partial charge in [-0.05, 0) is 53.1 Å². The zero-order valence-corrected chi connectivity index (χ0v) is 18.1. The van der Waals surface area contributed by atoms with Crippen molar-refractivity contribution in [2.45, 2.75) is 65.3 Å². The van der Waals surface area contributed by atoms with Crippen molar-refractivity contribution in [1.29, 1.82) is 0 Å². The number of nitrogens with zero attached hydrogens (tertiary/aromatic N) is 2. The van der Waals surface area contributed by atoms with Crippen LogP contribution >= 0.6 is 0 Å². The highest BCUT2D eigenvalue weighted by atomic mass is 16.6. The Balaban J connectivity index is 1.57. The number of likely N-dealkylation sites (tertiary alicyclic amines) is 1. The van der Waals surface area contributed by atoms with Crippen LogP contribution in [0.1, 0.15) is 46.6 Å². The number of piperidine rings is 1. The van der Waals surface area contributed by atoms with Crippen molar-refractivity contribution in [3.05, 3.63) is 35.9 Å². The van der Waals surface area contributed by atoms with Gasteiger partial charge < -0.3 is 9.47 Å². The minimum Gasteiger partial charge on any atom is -0.460 e. The lowest BCUT2D eigenvalue weighted by Crippen LogP contribution is -2.60. The van der Waals surface area contributed by atoms with Gasteiger partial charge in [-0.25, -0.2) is 0 Å². The topological polar surface area (TPSA) is 42.0 Å². The van der Waals surface area contributed by atoms with Crippen LogP contribution in [0.15, 0.2) is 30.3 Å². The summed E-state index contributed by atoms with van der Waals surface area (Å²) in [6.45, 7) is 15.0. The van der Waals surface area contributed by atoms with E-state index >= 15 is 0 Å². The number of carbonyl (C=O) groups is 1. The lowest BCUT2D eigenvalue weighted by Gasteiger charge is -2.48. The van der Waals surface area contributed by atoms with Crippen LogP contribution in [0.2, 0.25) is 0 Å². The monoisotopic (exact) mass is 388 g/mol. The predicted octanol–water partition coefficient (Wildman–Crippen LogP) is 3.33. The lowest BCUT2D eigenvalue weighted by molar-refractivity contribution is -0.168. The van der Waals surface area contributed by atoms with Crippen molar-refractivity contribution >= 4 is 5.97 Å². The van der Waals surface area contributed by atoms with Crippen LogP contribution in [-0.2, 0) is 20.8 Å². The van der Waals surface area contributed by atoms with Gasteiger partial charge in [0.05, 0.1) is 18.1 Å². The molecule has 0 amide bonds. The van der Waals surface area contributed by atoms with Crippen LogP contribution in [0.3, 0.4) is 0 Å². The summed E-state index contributed by atoms with van der Waals surface area (Å²) in [5.41, 5.74) is 0.376. The molecule has 3 rings (SSSR count). The number of hydrogen-bond donors (Lipinski definition) is 0. The molecule has 2 saturated heterocycles. The number of carbonyl (C=O) groups excluding carboxylic acids is 1. The van der Waals surface area contributed by atoms with Crippen LogP contribution < -0.4 is 0 Å². The highest BCUT2D eigenvalue weighted by Gasteiger charge is 2.40. The Morgan fingerprint density at radius 2 is 1.86 bits per heavy atom. The van der Waals surface area contributed by atoms with Gasteiger partial charge >= 0.3 is 5.97 Å². The summed E-state index contributed by atoms with van der Waals surface area (Å²) in [7, 11) is 0. The largest absolute Gasteiger partial charge is 0.460 e. The first-order valence-electron chi connectivity index (χ1n) is 10.5. The van der Waals surface area contributed by atoms with Gasteiger partial charge in [-0.15, -0.1) is 0 Å². The highest BCUT2D eigenvalue weighted by Crippen LogP contribution is 2.28. The predicted molar refractivity (Wildman–Crippen MR) is 111 cm³/mol. The maximum Gasteiger partial charge on any atom is 0.313 e. The molecule has 2 aliphatic heterocycles. The fraction of sp³-hybridized carbons (Fsp3) is 0.696. The van der Waals surface area contributed by atoms with E-state index in [0.29, 0.717) is 12.6 Å². The van der Waals surface area contributed by atoms with E-state index in [1.54, 1.807) is 0 Å². The third-order valence-electron chi connectivity index (χ3n) is 5.59. The van der Waals surface area contributed by atoms with Gasteiger partial charge in [0, 0.05) is 32.2 Å². The standard InChI is InChI=1S/C23H36N2O3/c1-22(2,3)28-21(26)23(4,5)17-24-12-11-19-20(16-24)27-14-13-25(19)15-18-9-7-6-8-10-18/h6-10,19-20H,11-17H2,1-5H3/t19-,20+/m0/s1. The minimum absolute atomic E-state index is 0.127. The van der Waals surface area contributed by atoms with E-state index in [9.17, 15) is 4.79 Å². The van der Waals surface area contributed by atoms with E-state index in [1.807, 2.05) is 34.6 Å². The number of benzene rings is 1. The van der Waals surface area contributed by atoms with Crippen LogP contribution in [0, 0.1) is 5.41 Å². The van der Waals surface area contributed by atoms with Gasteiger partial charge in [0.25, 0.3) is 0 Å². The first-order chi connectivity index (χ1) is 13.1. The van der Waals surface area contributed by atoms with Crippen LogP contribution in [0.4, 0.5) is 0 Å². The van der Waals surface area contributed by atoms with Crippen LogP contribution in [0.25, 0.3) is 0 Å². The summed E-state index contributed by atoms with van der Waals surface area (Å²) in [5.74, 6) is -0.127. The molecular weight excluding hydrogens is 352 g/mol. The smallest absolute Gasteiger partial charge is 0.313 e. The molecule has 0 aliphatic carbocycles. The zero-order valence-electron chi connectivity index (χ0n) is 18.1. The fourth-order valence-corrected chi connectivity index (χ4v) is 4.23. The average molecular weight is 389 g/mol. The Morgan fingerprint density at radius 3 is 2.54 bits per heavy atom. The summed E-state index contributed by atoms with van der Waals surface area (Å²) >= 11 is 0. The van der Waals surface area contributed by atoms with E-state index < -0.39 is 11.0 Å². The number of fused-ring (bicyclic) bond motifs is 1. The first kappa shape index (κ1) is 21.3. The van der Waals surface area contributed by atoms with Gasteiger partial charge in [-0.3, -0.25) is 14.6 Å². The van der Waals surface area contributed by atoms with Gasteiger partial charge in [-0.2, -0.15) is 0 Å². The zero-order chi connectivity index (χ0) is 20.4. The van der Waals surface area contributed by atoms with E-state index in [-0.39, 0.29) is 12.1 Å². The van der Waals surface area contributed by atoms with Crippen molar-refractivity contribution in [2.24, 2.45) is 5.41 Å². The number of rotatable bonds is 5. The second-order valence-electron chi connectivity index (χ2n) is 9.84. The summed E-state index contributed by atoms with van der Waals surface area (Å²) in [6.07, 6.45) is 1.28. The van der Waals surface area contributed by atoms with Crippen molar-refractivity contribution in [1.82, 2.24) is 9.80 Å². The van der Waals surface area contributed by atoms with E-state index in [4.69, 9.17) is 9.47 Å². The second-order valence-corrected chi connectivity index (χ2v) is 9.84. The molecule has 0 spiro atoms. The summed E-state index contributed by atoms with van der Waals surface area (Å²) in [4.78, 5) is 17.5. The molecule has 2 aliphatic rings. The van der Waals surface area contributed by atoms with Crippen molar-refractivity contribution in [2.75, 3.05) is 32.8 Å². The number of hydrogen-bond acceptors (Lipinski definition) is 5. The summed E-state index contributed by atoms with van der Waals surface area (Å²) in [6, 6.07) is 11.1. The normalized spacial score (nSPS) is 24.6. The molecule has 0 aromatic heterocycles. The third kappa shape index (κ3) is 5.56. The Labute approximate surface area is 170 Å². The van der Waals surface area contributed by atoms with Gasteiger partial charge in [0.2, 0.25) is 0 Å². The highest BCUT2D eigenvalue weighted by molar-refractivity contribution is 5.76. The molecule has 2 atom stereocenters. The fourth-order valence-electron chi connectivity index (χ4n) is 4.23. The maximum atomic E-state index is 12.6. The summed E-state index contributed by atoms with van der Waals surface area (Å²) in [5, 5.41) is 0. The van der Waals surface area contributed by atoms with Crippen molar-refractivity contribution < 1.29 is 14.3 Å². The molecule has 1 aromatic carbocycles. The van der Waals surface area contributed by atoms with Gasteiger partial charge in [0.15, 0.2) is 0 Å². The van der Waals surface area contributed by atoms with E-state index in [0.717, 1.165) is 39.2 Å². The van der Waals surface area contributed by atoms with Gasteiger partial charge in [0.1, 0.15) is 5.60 Å². The molecule has 0 radical (unpaired) electrons. The van der Waals surface area contributed by atoms with E-state index in [2.05, 4.69) is 40.1 Å². The lowest BCUT2D eigenvalue weighted by atomic mass is 9.90. The van der Waals surface area contributed by atoms with Crippen molar-refractivity contribution in [3.8, 4) is 0 Å². The van der Waals surface area contributed by atoms with Crippen molar-refractivity contribution in [3.63, 3.8) is 0 Å². The number of esters is 1.